The Morgan fingerprint density at radius 2 is 1.50 bits per heavy atom. The minimum absolute atomic E-state index is 0.164. The Morgan fingerprint density at radius 1 is 0.875 bits per heavy atom. The van der Waals surface area contributed by atoms with Gasteiger partial charge in [0.2, 0.25) is 0 Å². The predicted octanol–water partition coefficient (Wildman–Crippen LogP) is 7.31. The van der Waals surface area contributed by atoms with Crippen molar-refractivity contribution in [1.29, 1.82) is 0 Å². The maximum atomic E-state index is 3.87. The lowest BCUT2D eigenvalue weighted by Gasteiger charge is -2.26. The van der Waals surface area contributed by atoms with Gasteiger partial charge in [0, 0.05) is 4.83 Å². The van der Waals surface area contributed by atoms with Crippen LogP contribution in [0.5, 0.6) is 0 Å². The molecule has 0 saturated heterocycles. The van der Waals surface area contributed by atoms with E-state index in [9.17, 15) is 0 Å². The van der Waals surface area contributed by atoms with Crippen LogP contribution in [0.4, 0.5) is 0 Å². The van der Waals surface area contributed by atoms with Crippen LogP contribution in [0.25, 0.3) is 11.1 Å². The molecule has 1 aliphatic carbocycles. The normalized spacial score (nSPS) is 15.2. The molecule has 0 spiro atoms. The molecule has 0 bridgehead atoms. The Kier molecular flexibility index (Phi) is 4.23. The summed E-state index contributed by atoms with van der Waals surface area (Å²) in [5, 5.41) is 0. The lowest BCUT2D eigenvalue weighted by molar-refractivity contribution is 0.582. The Morgan fingerprint density at radius 3 is 2.04 bits per heavy atom. The number of alkyl halides is 1. The van der Waals surface area contributed by atoms with Gasteiger partial charge >= 0.3 is 0 Å². The van der Waals surface area contributed by atoms with Gasteiger partial charge in [-0.15, -0.1) is 0 Å². The van der Waals surface area contributed by atoms with E-state index in [-0.39, 0.29) is 10.8 Å². The summed E-state index contributed by atoms with van der Waals surface area (Å²) in [6.45, 7) is 16.1. The van der Waals surface area contributed by atoms with Crippen LogP contribution >= 0.6 is 15.9 Å². The van der Waals surface area contributed by atoms with E-state index < -0.39 is 0 Å². The molecule has 0 nitrogen and oxygen atoms in total. The molecule has 128 valence electrons. The number of hydrogen-bond acceptors (Lipinski definition) is 0. The number of benzene rings is 2. The van der Waals surface area contributed by atoms with E-state index in [0.29, 0.717) is 4.83 Å². The quantitative estimate of drug-likeness (QED) is 0.385. The zero-order valence-electron chi connectivity index (χ0n) is 16.0. The number of rotatable bonds is 1. The Balaban J connectivity index is 2.19. The second-order valence-electron chi connectivity index (χ2n) is 9.22. The van der Waals surface area contributed by atoms with E-state index in [0.717, 1.165) is 6.42 Å². The third-order valence-corrected chi connectivity index (χ3v) is 5.65. The van der Waals surface area contributed by atoms with Crippen LogP contribution in [0.1, 0.15) is 81.1 Å². The highest BCUT2D eigenvalue weighted by molar-refractivity contribution is 9.09. The van der Waals surface area contributed by atoms with E-state index >= 15 is 0 Å². The highest BCUT2D eigenvalue weighted by Crippen LogP contribution is 2.46. The predicted molar refractivity (Wildman–Crippen MR) is 109 cm³/mol. The molecule has 0 heterocycles. The summed E-state index contributed by atoms with van der Waals surface area (Å²) in [6.07, 6.45) is 1.06. The van der Waals surface area contributed by atoms with Crippen LogP contribution in [0.15, 0.2) is 30.3 Å². The molecule has 2 aromatic carbocycles. The van der Waals surface area contributed by atoms with Crippen LogP contribution in [-0.2, 0) is 17.3 Å². The largest absolute Gasteiger partial charge is 0.0842 e. The van der Waals surface area contributed by atoms with Gasteiger partial charge < -0.3 is 0 Å². The average Bonchev–Trinajstić information content (AvgIpc) is 2.81. The molecule has 1 aliphatic rings. The molecule has 1 unspecified atom stereocenters. The molecule has 3 rings (SSSR count). The first-order valence-electron chi connectivity index (χ1n) is 8.94. The number of halogens is 1. The fourth-order valence-electron chi connectivity index (χ4n) is 3.88. The molecule has 0 saturated carbocycles. The first-order valence-corrected chi connectivity index (χ1v) is 9.86. The minimum Gasteiger partial charge on any atom is -0.0842 e. The topological polar surface area (TPSA) is 0 Å². The van der Waals surface area contributed by atoms with E-state index in [1.807, 2.05) is 0 Å². The van der Waals surface area contributed by atoms with E-state index in [1.165, 1.54) is 38.9 Å². The van der Waals surface area contributed by atoms with Gasteiger partial charge in [0.25, 0.3) is 0 Å². The molecule has 0 aliphatic heterocycles. The van der Waals surface area contributed by atoms with Crippen molar-refractivity contribution in [2.45, 2.75) is 70.5 Å². The summed E-state index contributed by atoms with van der Waals surface area (Å²) in [5.74, 6) is 0. The van der Waals surface area contributed by atoms with Crippen molar-refractivity contribution in [3.8, 4) is 11.1 Å². The molecule has 0 fully saturated rings. The molecule has 0 N–H and O–H groups in total. The van der Waals surface area contributed by atoms with Crippen molar-refractivity contribution in [2.24, 2.45) is 0 Å². The van der Waals surface area contributed by atoms with Crippen LogP contribution < -0.4 is 0 Å². The number of hydrogen-bond donors (Lipinski definition) is 0. The maximum Gasteiger partial charge on any atom is 0.0373 e. The Bertz CT molecular complexity index is 783. The van der Waals surface area contributed by atoms with Crippen LogP contribution in [0.3, 0.4) is 0 Å². The van der Waals surface area contributed by atoms with Crippen LogP contribution in [0, 0.1) is 0 Å². The second-order valence-corrected chi connectivity index (χ2v) is 10.6. The molecule has 1 heteroatoms. The third-order valence-electron chi connectivity index (χ3n) is 5.19. The summed E-state index contributed by atoms with van der Waals surface area (Å²) in [5.41, 5.74) is 10.6. The summed E-state index contributed by atoms with van der Waals surface area (Å²) in [6, 6.07) is 11.8. The first kappa shape index (κ1) is 17.7. The fraction of sp³-hybridized carbons (Fsp3) is 0.478. The van der Waals surface area contributed by atoms with Crippen LogP contribution in [0.2, 0.25) is 0 Å². The lowest BCUT2D eigenvalue weighted by atomic mass is 9.80. The molecule has 0 aromatic heterocycles. The molecular weight excluding hydrogens is 356 g/mol. The van der Waals surface area contributed by atoms with Crippen molar-refractivity contribution < 1.29 is 0 Å². The van der Waals surface area contributed by atoms with Gasteiger partial charge in [0.15, 0.2) is 0 Å². The monoisotopic (exact) mass is 384 g/mol. The highest BCUT2D eigenvalue weighted by Gasteiger charge is 2.29. The summed E-state index contributed by atoms with van der Waals surface area (Å²) < 4.78 is 0. The second kappa shape index (κ2) is 5.73. The van der Waals surface area contributed by atoms with Crippen molar-refractivity contribution in [3.05, 3.63) is 58.1 Å². The number of fused-ring (bicyclic) bond motifs is 3. The third kappa shape index (κ3) is 2.96. The summed E-state index contributed by atoms with van der Waals surface area (Å²) >= 11 is 3.87. The molecular formula is C23H29Br. The SMILES string of the molecule is CC(Br)c1c(C(C)(C)C)ccc2c1Cc1cc(C(C)(C)C)ccc1-2. The van der Waals surface area contributed by atoms with Gasteiger partial charge in [-0.25, -0.2) is 0 Å². The Labute approximate surface area is 155 Å². The van der Waals surface area contributed by atoms with Crippen molar-refractivity contribution in [3.63, 3.8) is 0 Å². The van der Waals surface area contributed by atoms with E-state index in [1.54, 1.807) is 0 Å². The van der Waals surface area contributed by atoms with Crippen molar-refractivity contribution in [1.82, 2.24) is 0 Å². The van der Waals surface area contributed by atoms with E-state index in [2.05, 4.69) is 94.7 Å². The zero-order valence-corrected chi connectivity index (χ0v) is 17.6. The van der Waals surface area contributed by atoms with Crippen LogP contribution in [-0.4, -0.2) is 0 Å². The van der Waals surface area contributed by atoms with Gasteiger partial charge in [-0.1, -0.05) is 87.8 Å². The molecule has 1 atom stereocenters. The first-order chi connectivity index (χ1) is 11.0. The molecule has 2 aromatic rings. The molecule has 0 amide bonds. The molecule has 0 radical (unpaired) electrons. The van der Waals surface area contributed by atoms with Gasteiger partial charge in [-0.05, 0) is 63.1 Å². The highest BCUT2D eigenvalue weighted by atomic mass is 79.9. The standard InChI is InChI=1S/C23H29Br/c1-14(24)21-19-13-15-12-16(22(2,3)4)8-9-17(15)18(19)10-11-20(21)23(5,6)7/h8-12,14H,13H2,1-7H3. The summed E-state index contributed by atoms with van der Waals surface area (Å²) in [4.78, 5) is 0.373. The van der Waals surface area contributed by atoms with Gasteiger partial charge in [-0.3, -0.25) is 0 Å². The van der Waals surface area contributed by atoms with Gasteiger partial charge in [0.1, 0.15) is 0 Å². The molecule has 24 heavy (non-hydrogen) atoms. The van der Waals surface area contributed by atoms with Crippen molar-refractivity contribution in [2.75, 3.05) is 0 Å². The smallest absolute Gasteiger partial charge is 0.0373 e. The van der Waals surface area contributed by atoms with Crippen molar-refractivity contribution >= 4 is 15.9 Å². The van der Waals surface area contributed by atoms with Gasteiger partial charge in [0.05, 0.1) is 0 Å². The lowest BCUT2D eigenvalue weighted by Crippen LogP contribution is -2.16. The van der Waals surface area contributed by atoms with E-state index in [4.69, 9.17) is 0 Å². The average molecular weight is 385 g/mol. The minimum atomic E-state index is 0.164. The van der Waals surface area contributed by atoms with Gasteiger partial charge in [-0.2, -0.15) is 0 Å². The Hall–Kier alpha value is -1.08. The summed E-state index contributed by atoms with van der Waals surface area (Å²) in [7, 11) is 0. The fourth-order valence-corrected chi connectivity index (χ4v) is 4.40. The zero-order chi connectivity index (χ0) is 17.9. The maximum absolute atomic E-state index is 3.87.